The van der Waals surface area contributed by atoms with Crippen LogP contribution in [0.25, 0.3) is 0 Å². The molecule has 0 saturated carbocycles. The van der Waals surface area contributed by atoms with Gasteiger partial charge in [0.25, 0.3) is 0 Å². The van der Waals surface area contributed by atoms with Gasteiger partial charge in [0.15, 0.2) is 6.61 Å². The van der Waals surface area contributed by atoms with E-state index < -0.39 is 18.2 Å². The van der Waals surface area contributed by atoms with Crippen molar-refractivity contribution < 1.29 is 24.5 Å². The zero-order chi connectivity index (χ0) is 26.8. The van der Waals surface area contributed by atoms with Crippen molar-refractivity contribution in [3.05, 3.63) is 99.5 Å². The Bertz CT molecular complexity index is 1090. The van der Waals surface area contributed by atoms with Crippen molar-refractivity contribution in [3.63, 3.8) is 0 Å². The van der Waals surface area contributed by atoms with Crippen LogP contribution in [-0.2, 0) is 16.0 Å². The van der Waals surface area contributed by atoms with Gasteiger partial charge in [-0.15, -0.1) is 0 Å². The molecule has 2 N–H and O–H groups in total. The molecule has 0 spiro atoms. The summed E-state index contributed by atoms with van der Waals surface area (Å²) >= 11 is 12.3. The molecule has 8 heteroatoms. The first-order chi connectivity index (χ1) is 17.7. The molecule has 3 aromatic carbocycles. The molecule has 37 heavy (non-hydrogen) atoms. The molecule has 0 aliphatic rings. The molecule has 0 aliphatic heterocycles. The van der Waals surface area contributed by atoms with Crippen LogP contribution in [0.3, 0.4) is 0 Å². The summed E-state index contributed by atoms with van der Waals surface area (Å²) in [6.07, 6.45) is -0.902. The molecule has 0 radical (unpaired) electrons. The average molecular weight is 546 g/mol. The fourth-order valence-corrected chi connectivity index (χ4v) is 4.45. The van der Waals surface area contributed by atoms with Gasteiger partial charge >= 0.3 is 5.97 Å². The maximum Gasteiger partial charge on any atom is 0.344 e. The maximum atomic E-state index is 11.5. The SMILES string of the molecule is CCOC(=O)COc1ccc(C[C@@H](C)N(C[C@@H](O)c2cccc(Cl)c2)C[C@@H](O)c2cccc(Cl)c2)cc1. The lowest BCUT2D eigenvalue weighted by atomic mass is 10.0. The van der Waals surface area contributed by atoms with Gasteiger partial charge in [0.2, 0.25) is 0 Å². The van der Waals surface area contributed by atoms with E-state index in [2.05, 4.69) is 11.8 Å². The van der Waals surface area contributed by atoms with Gasteiger partial charge in [-0.05, 0) is 73.4 Å². The molecule has 6 nitrogen and oxygen atoms in total. The summed E-state index contributed by atoms with van der Waals surface area (Å²) in [4.78, 5) is 13.6. The number of carbonyl (C=O) groups excluding carboxylic acids is 1. The van der Waals surface area contributed by atoms with E-state index in [0.717, 1.165) is 5.56 Å². The normalized spacial score (nSPS) is 13.7. The largest absolute Gasteiger partial charge is 0.482 e. The van der Waals surface area contributed by atoms with Crippen molar-refractivity contribution in [2.24, 2.45) is 0 Å². The van der Waals surface area contributed by atoms with E-state index in [9.17, 15) is 15.0 Å². The molecule has 0 fully saturated rings. The highest BCUT2D eigenvalue weighted by atomic mass is 35.5. The fourth-order valence-electron chi connectivity index (χ4n) is 4.05. The minimum atomic E-state index is -0.786. The van der Waals surface area contributed by atoms with E-state index in [1.807, 2.05) is 36.4 Å². The molecule has 0 aromatic heterocycles. The van der Waals surface area contributed by atoms with Crippen molar-refractivity contribution in [1.82, 2.24) is 4.90 Å². The minimum absolute atomic E-state index is 0.0195. The Balaban J connectivity index is 1.71. The van der Waals surface area contributed by atoms with Crippen molar-refractivity contribution in [2.75, 3.05) is 26.3 Å². The van der Waals surface area contributed by atoms with Crippen LogP contribution in [-0.4, -0.2) is 53.4 Å². The number of aliphatic hydroxyl groups is 2. The second-order valence-corrected chi connectivity index (χ2v) is 9.76. The summed E-state index contributed by atoms with van der Waals surface area (Å²) in [5.74, 6) is 0.168. The van der Waals surface area contributed by atoms with Gasteiger partial charge in [-0.3, -0.25) is 4.90 Å². The highest BCUT2D eigenvalue weighted by Gasteiger charge is 2.23. The van der Waals surface area contributed by atoms with Gasteiger partial charge in [0.05, 0.1) is 18.8 Å². The third kappa shape index (κ3) is 9.33. The average Bonchev–Trinajstić information content (AvgIpc) is 2.88. The second-order valence-electron chi connectivity index (χ2n) is 8.89. The molecular weight excluding hydrogens is 513 g/mol. The monoisotopic (exact) mass is 545 g/mol. The minimum Gasteiger partial charge on any atom is -0.482 e. The molecule has 0 aliphatic carbocycles. The van der Waals surface area contributed by atoms with E-state index >= 15 is 0 Å². The lowest BCUT2D eigenvalue weighted by Crippen LogP contribution is -2.40. The first-order valence-corrected chi connectivity index (χ1v) is 13.0. The van der Waals surface area contributed by atoms with Gasteiger partial charge in [-0.1, -0.05) is 59.6 Å². The number of rotatable bonds is 13. The molecule has 0 amide bonds. The number of halogens is 2. The molecule has 198 valence electrons. The summed E-state index contributed by atoms with van der Waals surface area (Å²) < 4.78 is 10.4. The quantitative estimate of drug-likeness (QED) is 0.271. The summed E-state index contributed by atoms with van der Waals surface area (Å²) in [5, 5.41) is 23.1. The Labute approximate surface area is 228 Å². The van der Waals surface area contributed by atoms with Crippen molar-refractivity contribution in [2.45, 2.75) is 38.5 Å². The predicted molar refractivity (Wildman–Crippen MR) is 146 cm³/mol. The van der Waals surface area contributed by atoms with Gasteiger partial charge in [-0.25, -0.2) is 4.79 Å². The number of carbonyl (C=O) groups is 1. The van der Waals surface area contributed by atoms with Crippen LogP contribution in [0.1, 0.15) is 42.7 Å². The molecule has 3 aromatic rings. The number of esters is 1. The van der Waals surface area contributed by atoms with Crippen LogP contribution in [0.15, 0.2) is 72.8 Å². The Hall–Kier alpha value is -2.61. The lowest BCUT2D eigenvalue weighted by molar-refractivity contribution is -0.145. The van der Waals surface area contributed by atoms with Crippen molar-refractivity contribution in [1.29, 1.82) is 0 Å². The van der Waals surface area contributed by atoms with Crippen LogP contribution in [0, 0.1) is 0 Å². The number of benzene rings is 3. The molecule has 0 unspecified atom stereocenters. The highest BCUT2D eigenvalue weighted by molar-refractivity contribution is 6.30. The van der Waals surface area contributed by atoms with E-state index in [-0.39, 0.29) is 12.6 Å². The number of aliphatic hydroxyl groups excluding tert-OH is 2. The molecule has 3 rings (SSSR count). The standard InChI is InChI=1S/C29H33Cl2NO5/c1-3-36-29(35)19-37-26-12-10-21(11-13-26)14-20(2)32(17-27(33)22-6-4-8-24(30)15-22)18-28(34)23-7-5-9-25(31)16-23/h4-13,15-16,20,27-28,33-34H,3,14,17-19H2,1-2H3/t20-,27-,28-/m1/s1. The maximum absolute atomic E-state index is 11.5. The third-order valence-electron chi connectivity index (χ3n) is 6.02. The van der Waals surface area contributed by atoms with Crippen molar-refractivity contribution >= 4 is 29.2 Å². The van der Waals surface area contributed by atoms with Crippen LogP contribution >= 0.6 is 23.2 Å². The van der Waals surface area contributed by atoms with E-state index in [1.165, 1.54) is 0 Å². The number of hydrogen-bond donors (Lipinski definition) is 2. The number of ether oxygens (including phenoxy) is 2. The summed E-state index contributed by atoms with van der Waals surface area (Å²) in [6, 6.07) is 21.8. The zero-order valence-electron chi connectivity index (χ0n) is 21.0. The molecule has 0 heterocycles. The Kier molecular flexibility index (Phi) is 11.2. The Morgan fingerprint density at radius 1 is 0.892 bits per heavy atom. The van der Waals surface area contributed by atoms with E-state index in [4.69, 9.17) is 32.7 Å². The van der Waals surface area contributed by atoms with Crippen LogP contribution in [0.4, 0.5) is 0 Å². The highest BCUT2D eigenvalue weighted by Crippen LogP contribution is 2.24. The van der Waals surface area contributed by atoms with Gasteiger partial charge < -0.3 is 19.7 Å². The first-order valence-electron chi connectivity index (χ1n) is 12.2. The number of nitrogens with zero attached hydrogens (tertiary/aromatic N) is 1. The van der Waals surface area contributed by atoms with Gasteiger partial charge in [-0.2, -0.15) is 0 Å². The first kappa shape index (κ1) is 29.0. The predicted octanol–water partition coefficient (Wildman–Crippen LogP) is 5.64. The molecular formula is C29H33Cl2NO5. The van der Waals surface area contributed by atoms with Crippen molar-refractivity contribution in [3.8, 4) is 5.75 Å². The van der Waals surface area contributed by atoms with Crippen LogP contribution < -0.4 is 4.74 Å². The Morgan fingerprint density at radius 3 is 1.92 bits per heavy atom. The molecule has 0 bridgehead atoms. The summed E-state index contributed by atoms with van der Waals surface area (Å²) in [5.41, 5.74) is 2.48. The Morgan fingerprint density at radius 2 is 1.43 bits per heavy atom. The van der Waals surface area contributed by atoms with E-state index in [1.54, 1.807) is 43.3 Å². The van der Waals surface area contributed by atoms with Crippen LogP contribution in [0.5, 0.6) is 5.75 Å². The molecule has 0 saturated heterocycles. The topological polar surface area (TPSA) is 79.2 Å². The number of hydrogen-bond acceptors (Lipinski definition) is 6. The fraction of sp³-hybridized carbons (Fsp3) is 0.345. The smallest absolute Gasteiger partial charge is 0.344 e. The third-order valence-corrected chi connectivity index (χ3v) is 6.49. The summed E-state index contributed by atoms with van der Waals surface area (Å²) in [7, 11) is 0. The zero-order valence-corrected chi connectivity index (χ0v) is 22.5. The van der Waals surface area contributed by atoms with Gasteiger partial charge in [0.1, 0.15) is 5.75 Å². The molecule has 3 atom stereocenters. The second kappa shape index (κ2) is 14.4. The van der Waals surface area contributed by atoms with Gasteiger partial charge in [0, 0.05) is 29.2 Å². The lowest BCUT2D eigenvalue weighted by Gasteiger charge is -2.33. The van der Waals surface area contributed by atoms with Crippen LogP contribution in [0.2, 0.25) is 10.0 Å². The van der Waals surface area contributed by atoms with E-state index in [0.29, 0.717) is 53.0 Å². The summed E-state index contributed by atoms with van der Waals surface area (Å²) in [6.45, 7) is 4.59.